The predicted molar refractivity (Wildman–Crippen MR) is 48.2 cm³/mol. The lowest BCUT2D eigenvalue weighted by Gasteiger charge is -2.01. The second kappa shape index (κ2) is 4.34. The number of hydrogen-bond acceptors (Lipinski definition) is 6. The minimum absolute atomic E-state index is 0.115. The van der Waals surface area contributed by atoms with Crippen molar-refractivity contribution >= 4 is 10.1 Å². The quantitative estimate of drug-likeness (QED) is 0.660. The average molecular weight is 218 g/mol. The predicted octanol–water partition coefficient (Wildman–Crippen LogP) is -0.0386. The van der Waals surface area contributed by atoms with Gasteiger partial charge in [0.2, 0.25) is 5.88 Å². The van der Waals surface area contributed by atoms with E-state index in [1.165, 1.54) is 19.5 Å². The summed E-state index contributed by atoms with van der Waals surface area (Å²) in [4.78, 5) is 7.71. The van der Waals surface area contributed by atoms with Crippen molar-refractivity contribution in [2.45, 2.75) is 6.61 Å². The van der Waals surface area contributed by atoms with Gasteiger partial charge in [-0.1, -0.05) is 0 Å². The van der Waals surface area contributed by atoms with Gasteiger partial charge in [0, 0.05) is 0 Å². The van der Waals surface area contributed by atoms with Crippen molar-refractivity contribution in [3.63, 3.8) is 0 Å². The van der Waals surface area contributed by atoms with Crippen LogP contribution in [0, 0.1) is 0 Å². The van der Waals surface area contributed by atoms with Crippen LogP contribution in [0.1, 0.15) is 5.69 Å². The number of rotatable bonds is 4. The van der Waals surface area contributed by atoms with E-state index in [1.807, 2.05) is 0 Å². The van der Waals surface area contributed by atoms with Crippen LogP contribution in [0.2, 0.25) is 0 Å². The highest BCUT2D eigenvalue weighted by Crippen LogP contribution is 2.04. The van der Waals surface area contributed by atoms with Crippen molar-refractivity contribution in [1.82, 2.24) is 9.97 Å². The molecule has 1 heterocycles. The molecule has 0 saturated heterocycles. The Kier molecular flexibility index (Phi) is 3.37. The largest absolute Gasteiger partial charge is 0.480 e. The lowest BCUT2D eigenvalue weighted by Crippen LogP contribution is -2.04. The number of hydrogen-bond donors (Lipinski definition) is 0. The van der Waals surface area contributed by atoms with Gasteiger partial charge in [-0.15, -0.1) is 0 Å². The van der Waals surface area contributed by atoms with Crippen LogP contribution in [0.15, 0.2) is 12.4 Å². The van der Waals surface area contributed by atoms with Gasteiger partial charge in [-0.25, -0.2) is 4.98 Å². The van der Waals surface area contributed by atoms with Gasteiger partial charge in [0.05, 0.1) is 31.5 Å². The second-order valence-corrected chi connectivity index (χ2v) is 4.16. The Hall–Kier alpha value is -1.21. The molecule has 0 fully saturated rings. The first-order chi connectivity index (χ1) is 6.51. The molecule has 1 aromatic rings. The summed E-state index contributed by atoms with van der Waals surface area (Å²) in [7, 11) is -1.97. The van der Waals surface area contributed by atoms with Crippen molar-refractivity contribution in [3.8, 4) is 5.88 Å². The molecule has 0 aliphatic heterocycles. The fourth-order valence-corrected chi connectivity index (χ4v) is 1.03. The number of nitrogens with zero attached hydrogens (tertiary/aromatic N) is 2. The van der Waals surface area contributed by atoms with E-state index in [9.17, 15) is 8.42 Å². The van der Waals surface area contributed by atoms with E-state index in [0.29, 0.717) is 11.6 Å². The monoisotopic (exact) mass is 218 g/mol. The molecule has 1 aromatic heterocycles. The van der Waals surface area contributed by atoms with Crippen LogP contribution in [0.3, 0.4) is 0 Å². The van der Waals surface area contributed by atoms with Gasteiger partial charge < -0.3 is 4.74 Å². The fraction of sp³-hybridized carbons (Fsp3) is 0.429. The van der Waals surface area contributed by atoms with Crippen LogP contribution in [-0.4, -0.2) is 31.8 Å². The summed E-state index contributed by atoms with van der Waals surface area (Å²) in [6, 6.07) is 0. The molecule has 6 nitrogen and oxygen atoms in total. The van der Waals surface area contributed by atoms with Gasteiger partial charge in [0.1, 0.15) is 6.61 Å². The molecule has 0 unspecified atom stereocenters. The minimum Gasteiger partial charge on any atom is -0.480 e. The van der Waals surface area contributed by atoms with Crippen LogP contribution in [0.4, 0.5) is 0 Å². The molecule has 0 aliphatic carbocycles. The zero-order chi connectivity index (χ0) is 10.6. The van der Waals surface area contributed by atoms with Gasteiger partial charge in [-0.05, 0) is 0 Å². The van der Waals surface area contributed by atoms with Crippen LogP contribution < -0.4 is 4.74 Å². The molecule has 0 aromatic carbocycles. The van der Waals surface area contributed by atoms with Gasteiger partial charge in [0.15, 0.2) is 0 Å². The molecule has 14 heavy (non-hydrogen) atoms. The zero-order valence-corrected chi connectivity index (χ0v) is 8.61. The average Bonchev–Trinajstić information content (AvgIpc) is 2.14. The maximum absolute atomic E-state index is 10.6. The van der Waals surface area contributed by atoms with E-state index in [-0.39, 0.29) is 6.61 Å². The van der Waals surface area contributed by atoms with E-state index in [0.717, 1.165) is 6.26 Å². The van der Waals surface area contributed by atoms with Crippen LogP contribution in [-0.2, 0) is 20.9 Å². The fourth-order valence-electron chi connectivity index (χ4n) is 0.690. The first kappa shape index (κ1) is 10.9. The topological polar surface area (TPSA) is 78.4 Å². The summed E-state index contributed by atoms with van der Waals surface area (Å²) in [6.45, 7) is -0.115. The SMILES string of the molecule is COc1cnc(COS(C)(=O)=O)cn1. The van der Waals surface area contributed by atoms with Gasteiger partial charge >= 0.3 is 0 Å². The van der Waals surface area contributed by atoms with Gasteiger partial charge in [0.25, 0.3) is 10.1 Å². The molecular weight excluding hydrogens is 208 g/mol. The number of aromatic nitrogens is 2. The molecule has 78 valence electrons. The molecule has 7 heteroatoms. The molecule has 0 aliphatic rings. The van der Waals surface area contributed by atoms with Crippen LogP contribution >= 0.6 is 0 Å². The normalized spacial score (nSPS) is 11.3. The van der Waals surface area contributed by atoms with E-state index in [1.54, 1.807) is 0 Å². The van der Waals surface area contributed by atoms with E-state index >= 15 is 0 Å². The Morgan fingerprint density at radius 3 is 2.50 bits per heavy atom. The molecule has 1 rings (SSSR count). The molecule has 0 amide bonds. The summed E-state index contributed by atoms with van der Waals surface area (Å²) in [5.74, 6) is 0.369. The summed E-state index contributed by atoms with van der Waals surface area (Å²) in [6.07, 6.45) is 3.76. The third kappa shape index (κ3) is 3.67. The number of ether oxygens (including phenoxy) is 1. The first-order valence-electron chi connectivity index (χ1n) is 3.70. The van der Waals surface area contributed by atoms with Crippen LogP contribution in [0.25, 0.3) is 0 Å². The standard InChI is InChI=1S/C7H10N2O4S/c1-12-7-4-8-6(3-9-7)5-13-14(2,10)11/h3-4H,5H2,1-2H3. The molecule has 0 radical (unpaired) electrons. The lowest BCUT2D eigenvalue weighted by molar-refractivity contribution is 0.305. The van der Waals surface area contributed by atoms with Crippen molar-refractivity contribution < 1.29 is 17.3 Å². The summed E-state index contributed by atoms with van der Waals surface area (Å²) >= 11 is 0. The summed E-state index contributed by atoms with van der Waals surface area (Å²) in [5, 5.41) is 0. The van der Waals surface area contributed by atoms with Crippen LogP contribution in [0.5, 0.6) is 5.88 Å². The summed E-state index contributed by atoms with van der Waals surface area (Å²) < 4.78 is 30.6. The molecule has 0 N–H and O–H groups in total. The van der Waals surface area contributed by atoms with Gasteiger partial charge in [-0.2, -0.15) is 8.42 Å². The maximum atomic E-state index is 10.6. The third-order valence-electron chi connectivity index (χ3n) is 1.31. The Morgan fingerprint density at radius 2 is 2.07 bits per heavy atom. The van der Waals surface area contributed by atoms with E-state index in [2.05, 4.69) is 14.2 Å². The highest BCUT2D eigenvalue weighted by molar-refractivity contribution is 7.85. The molecule has 0 saturated carbocycles. The van der Waals surface area contributed by atoms with E-state index < -0.39 is 10.1 Å². The highest BCUT2D eigenvalue weighted by atomic mass is 32.2. The minimum atomic E-state index is -3.44. The van der Waals surface area contributed by atoms with E-state index in [4.69, 9.17) is 4.74 Å². The maximum Gasteiger partial charge on any atom is 0.264 e. The lowest BCUT2D eigenvalue weighted by atomic mass is 10.5. The Labute approximate surface area is 82.0 Å². The third-order valence-corrected chi connectivity index (χ3v) is 1.86. The molecule has 0 spiro atoms. The van der Waals surface area contributed by atoms with Gasteiger partial charge in [-0.3, -0.25) is 9.17 Å². The molecular formula is C7H10N2O4S. The smallest absolute Gasteiger partial charge is 0.264 e. The second-order valence-electron chi connectivity index (χ2n) is 2.52. The van der Waals surface area contributed by atoms with Crippen molar-refractivity contribution in [2.75, 3.05) is 13.4 Å². The van der Waals surface area contributed by atoms with Crippen molar-refractivity contribution in [1.29, 1.82) is 0 Å². The van der Waals surface area contributed by atoms with Crippen molar-refractivity contribution in [2.24, 2.45) is 0 Å². The summed E-state index contributed by atoms with van der Waals surface area (Å²) in [5.41, 5.74) is 0.427. The first-order valence-corrected chi connectivity index (χ1v) is 5.52. The number of methoxy groups -OCH3 is 1. The Morgan fingerprint density at radius 1 is 1.36 bits per heavy atom. The Bertz CT molecular complexity index is 387. The molecule has 0 atom stereocenters. The molecule has 0 bridgehead atoms. The Balaban J connectivity index is 2.61. The highest BCUT2D eigenvalue weighted by Gasteiger charge is 2.03. The zero-order valence-electron chi connectivity index (χ0n) is 7.80. The van der Waals surface area contributed by atoms with Crippen molar-refractivity contribution in [3.05, 3.63) is 18.1 Å².